The second-order valence-electron chi connectivity index (χ2n) is 5.53. The molecule has 21 heavy (non-hydrogen) atoms. The van der Waals surface area contributed by atoms with Gasteiger partial charge in [-0.3, -0.25) is 4.79 Å². The molecule has 0 saturated heterocycles. The van der Waals surface area contributed by atoms with Crippen LogP contribution in [-0.2, 0) is 14.3 Å². The van der Waals surface area contributed by atoms with Crippen LogP contribution in [0.4, 0.5) is 4.79 Å². The molecule has 0 saturated carbocycles. The average Bonchev–Trinajstić information content (AvgIpc) is 2.35. The second-order valence-corrected chi connectivity index (χ2v) is 6.45. The maximum atomic E-state index is 11.9. The Hall–Kier alpha value is -1.56. The Balaban J connectivity index is 2.87. The highest BCUT2D eigenvalue weighted by Gasteiger charge is 2.23. The molecule has 0 aliphatic rings. The maximum absolute atomic E-state index is 11.9. The molecule has 5 nitrogen and oxygen atoms in total. The summed E-state index contributed by atoms with van der Waals surface area (Å²) >= 11 is 3.37. The van der Waals surface area contributed by atoms with Crippen LogP contribution in [0.15, 0.2) is 28.7 Å². The zero-order valence-electron chi connectivity index (χ0n) is 12.6. The normalized spacial score (nSPS) is 12.4. The Morgan fingerprint density at radius 3 is 2.52 bits per heavy atom. The number of halogens is 1. The highest BCUT2D eigenvalue weighted by Crippen LogP contribution is 2.22. The third-order valence-corrected chi connectivity index (χ3v) is 3.03. The summed E-state index contributed by atoms with van der Waals surface area (Å²) in [5, 5.41) is 2.70. The van der Waals surface area contributed by atoms with Crippen LogP contribution in [0.2, 0.25) is 0 Å². The van der Waals surface area contributed by atoms with E-state index in [1.54, 1.807) is 20.8 Å². The van der Waals surface area contributed by atoms with Gasteiger partial charge in [0.05, 0.1) is 19.6 Å². The van der Waals surface area contributed by atoms with Crippen molar-refractivity contribution in [2.75, 3.05) is 7.11 Å². The van der Waals surface area contributed by atoms with Gasteiger partial charge in [0.25, 0.3) is 0 Å². The molecule has 0 radical (unpaired) electrons. The molecule has 1 N–H and O–H groups in total. The number of rotatable bonds is 4. The van der Waals surface area contributed by atoms with Crippen LogP contribution in [0.3, 0.4) is 0 Å². The average molecular weight is 358 g/mol. The van der Waals surface area contributed by atoms with Crippen LogP contribution in [0, 0.1) is 0 Å². The molecule has 1 aromatic carbocycles. The van der Waals surface area contributed by atoms with Gasteiger partial charge in [-0.05, 0) is 38.5 Å². The fraction of sp³-hybridized carbons (Fsp3) is 0.467. The number of carbonyl (C=O) groups excluding carboxylic acids is 2. The Morgan fingerprint density at radius 1 is 1.33 bits per heavy atom. The van der Waals surface area contributed by atoms with Crippen molar-refractivity contribution in [3.05, 3.63) is 34.3 Å². The van der Waals surface area contributed by atoms with Crippen LogP contribution in [0.25, 0.3) is 0 Å². The largest absolute Gasteiger partial charge is 0.469 e. The van der Waals surface area contributed by atoms with Crippen molar-refractivity contribution in [2.24, 2.45) is 0 Å². The van der Waals surface area contributed by atoms with Crippen LogP contribution < -0.4 is 5.32 Å². The lowest BCUT2D eigenvalue weighted by Gasteiger charge is -2.23. The van der Waals surface area contributed by atoms with Crippen molar-refractivity contribution in [1.82, 2.24) is 5.32 Å². The molecular formula is C15H20BrNO4. The van der Waals surface area contributed by atoms with Crippen LogP contribution >= 0.6 is 15.9 Å². The first-order chi connectivity index (χ1) is 9.71. The van der Waals surface area contributed by atoms with Crippen LogP contribution in [-0.4, -0.2) is 24.8 Å². The summed E-state index contributed by atoms with van der Waals surface area (Å²) in [6, 6.07) is 6.86. The number of alkyl carbamates (subject to hydrolysis) is 1. The van der Waals surface area contributed by atoms with Crippen LogP contribution in [0.1, 0.15) is 38.8 Å². The Kier molecular flexibility index (Phi) is 6.20. The van der Waals surface area contributed by atoms with E-state index in [0.717, 1.165) is 10.0 Å². The summed E-state index contributed by atoms with van der Waals surface area (Å²) in [6.45, 7) is 5.34. The van der Waals surface area contributed by atoms with Crippen molar-refractivity contribution >= 4 is 28.0 Å². The molecule has 116 valence electrons. The number of nitrogens with one attached hydrogen (secondary N) is 1. The quantitative estimate of drug-likeness (QED) is 0.836. The molecule has 6 heteroatoms. The van der Waals surface area contributed by atoms with Gasteiger partial charge in [0.2, 0.25) is 0 Å². The number of methoxy groups -OCH3 is 1. The molecule has 0 heterocycles. The van der Waals surface area contributed by atoms with E-state index in [9.17, 15) is 9.59 Å². The third kappa shape index (κ3) is 6.62. The lowest BCUT2D eigenvalue weighted by atomic mass is 10.0. The molecule has 1 amide bonds. The van der Waals surface area contributed by atoms with Gasteiger partial charge in [-0.1, -0.05) is 28.1 Å². The van der Waals surface area contributed by atoms with E-state index in [-0.39, 0.29) is 6.42 Å². The number of amides is 1. The number of carbonyl (C=O) groups is 2. The van der Waals surface area contributed by atoms with E-state index in [4.69, 9.17) is 4.74 Å². The SMILES string of the molecule is COC(=O)CC(NC(=O)OC(C)(C)C)c1cccc(Br)c1. The molecule has 0 bridgehead atoms. The zero-order valence-corrected chi connectivity index (χ0v) is 14.2. The highest BCUT2D eigenvalue weighted by molar-refractivity contribution is 9.10. The summed E-state index contributed by atoms with van der Waals surface area (Å²) in [5.74, 6) is -0.406. The molecule has 1 aromatic rings. The van der Waals surface area contributed by atoms with Gasteiger partial charge in [-0.25, -0.2) is 4.79 Å². The van der Waals surface area contributed by atoms with E-state index >= 15 is 0 Å². The molecule has 0 fully saturated rings. The van der Waals surface area contributed by atoms with Crippen molar-refractivity contribution in [3.63, 3.8) is 0 Å². The van der Waals surface area contributed by atoms with E-state index in [2.05, 4.69) is 26.0 Å². The molecule has 1 atom stereocenters. The van der Waals surface area contributed by atoms with Gasteiger partial charge in [0, 0.05) is 4.47 Å². The fourth-order valence-electron chi connectivity index (χ4n) is 1.68. The minimum absolute atomic E-state index is 0.0339. The Labute approximate surface area is 133 Å². The lowest BCUT2D eigenvalue weighted by Crippen LogP contribution is -2.36. The molecule has 0 aliphatic heterocycles. The lowest BCUT2D eigenvalue weighted by molar-refractivity contribution is -0.141. The van der Waals surface area contributed by atoms with E-state index in [0.29, 0.717) is 0 Å². The van der Waals surface area contributed by atoms with Gasteiger partial charge < -0.3 is 14.8 Å². The summed E-state index contributed by atoms with van der Waals surface area (Å²) < 4.78 is 10.8. The molecule has 1 unspecified atom stereocenters. The first-order valence-corrected chi connectivity index (χ1v) is 7.32. The Morgan fingerprint density at radius 2 is 2.00 bits per heavy atom. The summed E-state index contributed by atoms with van der Waals surface area (Å²) in [4.78, 5) is 23.4. The topological polar surface area (TPSA) is 64.6 Å². The maximum Gasteiger partial charge on any atom is 0.408 e. The first-order valence-electron chi connectivity index (χ1n) is 6.53. The zero-order chi connectivity index (χ0) is 16.0. The summed E-state index contributed by atoms with van der Waals surface area (Å²) in [7, 11) is 1.31. The van der Waals surface area contributed by atoms with E-state index in [1.165, 1.54) is 7.11 Å². The fourth-order valence-corrected chi connectivity index (χ4v) is 2.09. The predicted molar refractivity (Wildman–Crippen MR) is 82.9 cm³/mol. The molecule has 0 aliphatic carbocycles. The molecule has 0 spiro atoms. The number of ether oxygens (including phenoxy) is 2. The summed E-state index contributed by atoms with van der Waals surface area (Å²) in [5.41, 5.74) is 0.192. The van der Waals surface area contributed by atoms with Gasteiger partial charge >= 0.3 is 12.1 Å². The van der Waals surface area contributed by atoms with Gasteiger partial charge in [-0.2, -0.15) is 0 Å². The minimum Gasteiger partial charge on any atom is -0.469 e. The van der Waals surface area contributed by atoms with Gasteiger partial charge in [-0.15, -0.1) is 0 Å². The first kappa shape index (κ1) is 17.5. The number of hydrogen-bond acceptors (Lipinski definition) is 4. The van der Waals surface area contributed by atoms with E-state index < -0.39 is 23.7 Å². The van der Waals surface area contributed by atoms with Crippen molar-refractivity contribution in [3.8, 4) is 0 Å². The molecule has 0 aromatic heterocycles. The number of benzene rings is 1. The minimum atomic E-state index is -0.600. The summed E-state index contributed by atoms with van der Waals surface area (Å²) in [6.07, 6.45) is -0.539. The van der Waals surface area contributed by atoms with E-state index in [1.807, 2.05) is 24.3 Å². The van der Waals surface area contributed by atoms with Gasteiger partial charge in [0.1, 0.15) is 5.60 Å². The predicted octanol–water partition coefficient (Wildman–Crippen LogP) is 3.58. The smallest absolute Gasteiger partial charge is 0.408 e. The highest BCUT2D eigenvalue weighted by atomic mass is 79.9. The molecular weight excluding hydrogens is 338 g/mol. The third-order valence-electron chi connectivity index (χ3n) is 2.54. The molecule has 1 rings (SSSR count). The second kappa shape index (κ2) is 7.45. The van der Waals surface area contributed by atoms with Crippen LogP contribution in [0.5, 0.6) is 0 Å². The Bertz CT molecular complexity index is 511. The van der Waals surface area contributed by atoms with Crippen molar-refractivity contribution in [2.45, 2.75) is 38.8 Å². The van der Waals surface area contributed by atoms with Crippen molar-refractivity contribution < 1.29 is 19.1 Å². The number of esters is 1. The number of hydrogen-bond donors (Lipinski definition) is 1. The van der Waals surface area contributed by atoms with Gasteiger partial charge in [0.15, 0.2) is 0 Å². The standard InChI is InChI=1S/C15H20BrNO4/c1-15(2,3)21-14(19)17-12(9-13(18)20-4)10-6-5-7-11(16)8-10/h5-8,12H,9H2,1-4H3,(H,17,19). The monoisotopic (exact) mass is 357 g/mol. The van der Waals surface area contributed by atoms with Crippen molar-refractivity contribution in [1.29, 1.82) is 0 Å².